The number of barbiturate groups is 2. The maximum atomic E-state index is 12.7. The maximum absolute atomic E-state index is 12.7. The Morgan fingerprint density at radius 2 is 0.837 bits per heavy atom. The lowest BCUT2D eigenvalue weighted by molar-refractivity contribution is -0.136. The molecule has 252 valence electrons. The summed E-state index contributed by atoms with van der Waals surface area (Å²) in [5.74, 6) is -0.561. The van der Waals surface area contributed by atoms with E-state index >= 15 is 0 Å². The highest BCUT2D eigenvalue weighted by molar-refractivity contribution is 6.29. The molecule has 2 aromatic carbocycles. The van der Waals surface area contributed by atoms with Gasteiger partial charge in [-0.1, -0.05) is 24.3 Å². The topological polar surface area (TPSA) is 140 Å². The molecule has 2 fully saturated rings. The first-order chi connectivity index (χ1) is 23.5. The van der Waals surface area contributed by atoms with Gasteiger partial charge in [-0.25, -0.2) is 9.59 Å². The fourth-order valence-electron chi connectivity index (χ4n) is 5.83. The van der Waals surface area contributed by atoms with Crippen LogP contribution in [-0.2, 0) is 19.2 Å². The molecular weight excluding hydrogens is 632 g/mol. The van der Waals surface area contributed by atoms with Crippen LogP contribution in [0, 0.1) is 0 Å². The van der Waals surface area contributed by atoms with Gasteiger partial charge in [-0.05, 0) is 67.8 Å². The van der Waals surface area contributed by atoms with Crippen LogP contribution in [-0.4, -0.2) is 96.6 Å². The molecule has 49 heavy (non-hydrogen) atoms. The highest BCUT2D eigenvalue weighted by Crippen LogP contribution is 2.40. The van der Waals surface area contributed by atoms with E-state index in [1.54, 1.807) is 12.2 Å². The van der Waals surface area contributed by atoms with Gasteiger partial charge < -0.3 is 19.3 Å². The molecule has 2 aromatic rings. The van der Waals surface area contributed by atoms with Gasteiger partial charge in [0, 0.05) is 41.3 Å². The molecule has 2 saturated heterocycles. The minimum absolute atomic E-state index is 0.144. The van der Waals surface area contributed by atoms with Crippen LogP contribution in [0.15, 0.2) is 95.7 Å². The number of benzene rings is 2. The Bertz CT molecular complexity index is 1720. The first-order valence-corrected chi connectivity index (χ1v) is 15.6. The fourth-order valence-corrected chi connectivity index (χ4v) is 5.83. The summed E-state index contributed by atoms with van der Waals surface area (Å²) in [6, 6.07) is 13.7. The number of imide groups is 4. The number of para-hydroxylation sites is 4. The summed E-state index contributed by atoms with van der Waals surface area (Å²) >= 11 is 0. The maximum Gasteiger partial charge on any atom is 0.333 e. The van der Waals surface area contributed by atoms with Crippen molar-refractivity contribution in [2.75, 3.05) is 51.1 Å². The second-order valence-electron chi connectivity index (χ2n) is 11.7. The Labute approximate surface area is 282 Å². The van der Waals surface area contributed by atoms with Crippen molar-refractivity contribution in [1.82, 2.24) is 19.6 Å². The fraction of sp³-hybridized carbons (Fsp3) is 0.257. The van der Waals surface area contributed by atoms with Crippen molar-refractivity contribution in [3.8, 4) is 11.5 Å². The Morgan fingerprint density at radius 1 is 0.490 bits per heavy atom. The van der Waals surface area contributed by atoms with Gasteiger partial charge in [-0.3, -0.25) is 38.8 Å². The van der Waals surface area contributed by atoms with Crippen LogP contribution in [0.4, 0.5) is 21.0 Å². The molecular formula is C35H34N6O8. The van der Waals surface area contributed by atoms with Crippen LogP contribution >= 0.6 is 0 Å². The molecule has 0 bridgehead atoms. The number of rotatable bonds is 8. The number of ether oxygens (including phenoxy) is 2. The lowest BCUT2D eigenvalue weighted by Gasteiger charge is -2.28. The molecule has 0 aliphatic carbocycles. The van der Waals surface area contributed by atoms with Gasteiger partial charge in [-0.2, -0.15) is 0 Å². The molecule has 4 heterocycles. The van der Waals surface area contributed by atoms with Crippen LogP contribution in [0.1, 0.15) is 19.3 Å². The van der Waals surface area contributed by atoms with E-state index in [1.807, 2.05) is 58.3 Å². The Kier molecular flexibility index (Phi) is 8.78. The van der Waals surface area contributed by atoms with E-state index in [2.05, 4.69) is 0 Å². The van der Waals surface area contributed by atoms with Gasteiger partial charge in [0.05, 0.1) is 11.4 Å². The van der Waals surface area contributed by atoms with E-state index in [1.165, 1.54) is 40.3 Å². The van der Waals surface area contributed by atoms with Crippen molar-refractivity contribution in [2.45, 2.75) is 19.3 Å². The van der Waals surface area contributed by atoms with Crippen LogP contribution < -0.4 is 19.3 Å². The lowest BCUT2D eigenvalue weighted by Crippen LogP contribution is -2.53. The van der Waals surface area contributed by atoms with E-state index in [4.69, 9.17) is 9.47 Å². The second kappa shape index (κ2) is 13.1. The molecule has 0 radical (unpaired) electrons. The number of likely N-dealkylation sites (N-methyl/N-ethyl adjacent to an activating group) is 4. The quantitative estimate of drug-likeness (QED) is 0.233. The highest BCUT2D eigenvalue weighted by atomic mass is 16.5. The molecule has 0 aromatic heterocycles. The molecule has 8 amide bonds. The number of nitrogens with zero attached hydrogens (tertiary/aromatic N) is 6. The normalized spacial score (nSPS) is 19.3. The van der Waals surface area contributed by atoms with Crippen LogP contribution in [0.25, 0.3) is 0 Å². The number of allylic oxidation sites excluding steroid dienone is 4. The third-order valence-electron chi connectivity index (χ3n) is 8.61. The molecule has 14 nitrogen and oxygen atoms in total. The number of urea groups is 2. The van der Waals surface area contributed by atoms with E-state index in [0.717, 1.165) is 50.2 Å². The summed E-state index contributed by atoms with van der Waals surface area (Å²) in [7, 11) is 5.30. The van der Waals surface area contributed by atoms with E-state index in [9.17, 15) is 28.8 Å². The average Bonchev–Trinajstić information content (AvgIpc) is 3.65. The van der Waals surface area contributed by atoms with Gasteiger partial charge in [0.15, 0.2) is 11.5 Å². The summed E-state index contributed by atoms with van der Waals surface area (Å²) in [4.78, 5) is 82.5. The van der Waals surface area contributed by atoms with Crippen LogP contribution in [0.5, 0.6) is 11.5 Å². The van der Waals surface area contributed by atoms with Gasteiger partial charge in [-0.15, -0.1) is 0 Å². The minimum atomic E-state index is -0.692. The van der Waals surface area contributed by atoms with Gasteiger partial charge in [0.25, 0.3) is 23.6 Å². The van der Waals surface area contributed by atoms with Gasteiger partial charge in [0.2, 0.25) is 11.8 Å². The first kappa shape index (κ1) is 32.7. The summed E-state index contributed by atoms with van der Waals surface area (Å²) in [6.45, 7) is 1.16. The molecule has 14 heteroatoms. The number of amides is 8. The molecule has 0 unspecified atom stereocenters. The number of fused-ring (bicyclic) bond motifs is 2. The standard InChI is InChI=1S/C35H34N6O8/c1-36-30(42)22(31(43)37(2)34(36)46)16-18-28-40(24-12-6-8-14-26(24)48-28)20-10-5-11-21-41-25-13-7-9-15-27(25)49-29(41)19-17-23-32(44)38(3)35(47)39(4)33(23)45/h6-9,12-19H,5,10-11,20-21H2,1-4H3/b28-18+,29-19+. The second-order valence-corrected chi connectivity index (χ2v) is 11.7. The van der Waals surface area contributed by atoms with Crippen molar-refractivity contribution < 1.29 is 38.2 Å². The number of carbonyl (C=O) groups is 6. The van der Waals surface area contributed by atoms with Crippen LogP contribution in [0.2, 0.25) is 0 Å². The Balaban J connectivity index is 1.14. The largest absolute Gasteiger partial charge is 0.439 e. The molecule has 6 rings (SSSR count). The number of carbonyl (C=O) groups excluding carboxylic acids is 6. The lowest BCUT2D eigenvalue weighted by atomic mass is 10.1. The van der Waals surface area contributed by atoms with Gasteiger partial charge >= 0.3 is 12.1 Å². The Morgan fingerprint density at radius 3 is 1.20 bits per heavy atom. The summed E-state index contributed by atoms with van der Waals surface area (Å²) in [5.41, 5.74) is 1.41. The molecule has 0 saturated carbocycles. The van der Waals surface area contributed by atoms with E-state index < -0.39 is 35.7 Å². The Hall–Kier alpha value is -6.18. The van der Waals surface area contributed by atoms with E-state index in [-0.39, 0.29) is 11.1 Å². The van der Waals surface area contributed by atoms with Crippen LogP contribution in [0.3, 0.4) is 0 Å². The van der Waals surface area contributed by atoms with Crippen molar-refractivity contribution in [2.24, 2.45) is 0 Å². The molecule has 4 aliphatic rings. The zero-order chi connectivity index (χ0) is 35.0. The predicted molar refractivity (Wildman–Crippen MR) is 177 cm³/mol. The SMILES string of the molecule is CN1C(=O)C(=C/C=C2/Oc3ccccc3N2CCCCCN2/C(=C\C=C3C(=O)N(C)C(=O)N(C)C3=O)Oc3ccccc32)C(=O)N(C)C1=O. The summed E-state index contributed by atoms with van der Waals surface area (Å²) < 4.78 is 12.1. The number of anilines is 2. The molecule has 0 N–H and O–H groups in total. The monoisotopic (exact) mass is 666 g/mol. The van der Waals surface area contributed by atoms with Gasteiger partial charge in [0.1, 0.15) is 11.1 Å². The third kappa shape index (κ3) is 5.92. The molecule has 0 atom stereocenters. The first-order valence-electron chi connectivity index (χ1n) is 15.6. The number of unbranched alkanes of at least 4 members (excludes halogenated alkanes) is 2. The number of hydrogen-bond donors (Lipinski definition) is 0. The highest BCUT2D eigenvalue weighted by Gasteiger charge is 2.39. The predicted octanol–water partition coefficient (Wildman–Crippen LogP) is 3.59. The average molecular weight is 667 g/mol. The van der Waals surface area contributed by atoms with Crippen molar-refractivity contribution in [3.63, 3.8) is 0 Å². The number of hydrogen-bond acceptors (Lipinski definition) is 10. The minimum Gasteiger partial charge on any atom is -0.439 e. The van der Waals surface area contributed by atoms with Crippen molar-refractivity contribution >= 4 is 47.1 Å². The van der Waals surface area contributed by atoms with Crippen molar-refractivity contribution in [1.29, 1.82) is 0 Å². The smallest absolute Gasteiger partial charge is 0.333 e. The zero-order valence-electron chi connectivity index (χ0n) is 27.4. The molecule has 0 spiro atoms. The van der Waals surface area contributed by atoms with E-state index in [0.29, 0.717) is 36.4 Å². The summed E-state index contributed by atoms with van der Waals surface area (Å²) in [5, 5.41) is 0. The molecule has 4 aliphatic heterocycles. The summed E-state index contributed by atoms with van der Waals surface area (Å²) in [6.07, 6.45) is 8.24. The zero-order valence-corrected chi connectivity index (χ0v) is 27.4. The third-order valence-corrected chi connectivity index (χ3v) is 8.61. The van der Waals surface area contributed by atoms with Crippen molar-refractivity contribution in [3.05, 3.63) is 95.7 Å².